The van der Waals surface area contributed by atoms with E-state index in [0.717, 1.165) is 22.1 Å². The maximum Gasteiger partial charge on any atom is 0.259 e. The van der Waals surface area contributed by atoms with E-state index in [9.17, 15) is 9.90 Å². The van der Waals surface area contributed by atoms with Gasteiger partial charge in [0.25, 0.3) is 5.91 Å². The molecule has 4 N–H and O–H groups in total. The number of carbonyl (C=O) groups is 1. The highest BCUT2D eigenvalue weighted by molar-refractivity contribution is 6.03. The lowest BCUT2D eigenvalue weighted by molar-refractivity contribution is -0.114. The molecule has 0 atom stereocenters. The van der Waals surface area contributed by atoms with Gasteiger partial charge in [0.2, 0.25) is 0 Å². The Morgan fingerprint density at radius 2 is 2.12 bits per heavy atom. The van der Waals surface area contributed by atoms with Gasteiger partial charge in [-0.25, -0.2) is 4.98 Å². The van der Waals surface area contributed by atoms with Gasteiger partial charge in [0.1, 0.15) is 17.3 Å². The molecule has 1 amide bonds. The number of hydrogen-bond acceptors (Lipinski definition) is 4. The van der Waals surface area contributed by atoms with Gasteiger partial charge >= 0.3 is 0 Å². The minimum Gasteiger partial charge on any atom is -0.386 e. The van der Waals surface area contributed by atoms with E-state index >= 15 is 0 Å². The number of benzene rings is 1. The third-order valence-corrected chi connectivity index (χ3v) is 4.15. The van der Waals surface area contributed by atoms with Crippen molar-refractivity contribution in [3.8, 4) is 17.2 Å². The summed E-state index contributed by atoms with van der Waals surface area (Å²) < 4.78 is 0. The average Bonchev–Trinajstić information content (AvgIpc) is 3.00. The van der Waals surface area contributed by atoms with Gasteiger partial charge in [-0.05, 0) is 43.2 Å². The maximum atomic E-state index is 11.3. The van der Waals surface area contributed by atoms with Crippen molar-refractivity contribution in [2.75, 3.05) is 0 Å². The highest BCUT2D eigenvalue weighted by atomic mass is 16.3. The van der Waals surface area contributed by atoms with Crippen LogP contribution >= 0.6 is 0 Å². The van der Waals surface area contributed by atoms with Crippen LogP contribution in [0.5, 0.6) is 0 Å². The molecular formula is C20H18N4O2. The number of H-pyrrole nitrogens is 1. The lowest BCUT2D eigenvalue weighted by Gasteiger charge is -2.18. The van der Waals surface area contributed by atoms with Crippen molar-refractivity contribution in [1.29, 1.82) is 5.26 Å². The second kappa shape index (κ2) is 6.47. The first-order valence-electron chi connectivity index (χ1n) is 8.01. The van der Waals surface area contributed by atoms with E-state index in [-0.39, 0.29) is 5.57 Å². The Morgan fingerprint density at radius 1 is 1.35 bits per heavy atom. The molecule has 26 heavy (non-hydrogen) atoms. The normalized spacial score (nSPS) is 12.2. The molecule has 0 aliphatic carbocycles. The van der Waals surface area contributed by atoms with Crippen molar-refractivity contribution in [3.05, 3.63) is 59.4 Å². The van der Waals surface area contributed by atoms with Crippen molar-refractivity contribution >= 4 is 23.0 Å². The summed E-state index contributed by atoms with van der Waals surface area (Å²) in [5.41, 5.74) is 7.99. The van der Waals surface area contributed by atoms with Crippen LogP contribution in [0.4, 0.5) is 0 Å². The van der Waals surface area contributed by atoms with E-state index in [1.807, 2.05) is 30.3 Å². The Labute approximate surface area is 150 Å². The summed E-state index contributed by atoms with van der Waals surface area (Å²) in [7, 11) is 0. The fraction of sp³-hybridized carbons (Fsp3) is 0.150. The SMILES string of the molecule is CC(C)(O)c1cccc(-c2cnc3[nH]cc(C=C(C#N)C(N)=O)c3c2)c1. The van der Waals surface area contributed by atoms with Crippen molar-refractivity contribution < 1.29 is 9.90 Å². The zero-order valence-corrected chi connectivity index (χ0v) is 14.4. The monoisotopic (exact) mass is 346 g/mol. The highest BCUT2D eigenvalue weighted by Crippen LogP contribution is 2.29. The Morgan fingerprint density at radius 3 is 2.77 bits per heavy atom. The third-order valence-electron chi connectivity index (χ3n) is 4.15. The van der Waals surface area contributed by atoms with Crippen LogP contribution in [0.2, 0.25) is 0 Å². The van der Waals surface area contributed by atoms with Crippen molar-refractivity contribution in [2.24, 2.45) is 5.73 Å². The summed E-state index contributed by atoms with van der Waals surface area (Å²) in [6.45, 7) is 3.46. The smallest absolute Gasteiger partial charge is 0.259 e. The zero-order valence-electron chi connectivity index (χ0n) is 14.4. The van der Waals surface area contributed by atoms with Gasteiger partial charge in [0, 0.05) is 28.9 Å². The molecule has 0 saturated carbocycles. The number of aliphatic hydroxyl groups is 1. The van der Waals surface area contributed by atoms with Crippen molar-refractivity contribution in [3.63, 3.8) is 0 Å². The van der Waals surface area contributed by atoms with Crippen LogP contribution in [0, 0.1) is 11.3 Å². The number of rotatable bonds is 4. The Bertz CT molecular complexity index is 1070. The van der Waals surface area contributed by atoms with Crippen LogP contribution in [0.25, 0.3) is 28.2 Å². The summed E-state index contributed by atoms with van der Waals surface area (Å²) in [5, 5.41) is 20.0. The Kier molecular flexibility index (Phi) is 4.33. The molecule has 3 rings (SSSR count). The number of hydrogen-bond donors (Lipinski definition) is 3. The van der Waals surface area contributed by atoms with Crippen LogP contribution in [0.1, 0.15) is 25.0 Å². The summed E-state index contributed by atoms with van der Waals surface area (Å²) >= 11 is 0. The lowest BCUT2D eigenvalue weighted by Crippen LogP contribution is -2.15. The topological polar surface area (TPSA) is 116 Å². The number of amides is 1. The molecule has 2 heterocycles. The highest BCUT2D eigenvalue weighted by Gasteiger charge is 2.16. The fourth-order valence-electron chi connectivity index (χ4n) is 2.69. The van der Waals surface area contributed by atoms with Gasteiger partial charge in [-0.1, -0.05) is 18.2 Å². The third kappa shape index (κ3) is 3.34. The first-order valence-corrected chi connectivity index (χ1v) is 8.01. The predicted molar refractivity (Wildman–Crippen MR) is 99.6 cm³/mol. The van der Waals surface area contributed by atoms with Gasteiger partial charge in [-0.15, -0.1) is 0 Å². The number of nitriles is 1. The summed E-state index contributed by atoms with van der Waals surface area (Å²) in [6.07, 6.45) is 4.85. The number of nitrogens with two attached hydrogens (primary N) is 1. The van der Waals surface area contributed by atoms with E-state index in [2.05, 4.69) is 9.97 Å². The Balaban J connectivity index is 2.12. The van der Waals surface area contributed by atoms with Gasteiger partial charge in [-0.3, -0.25) is 4.79 Å². The number of nitrogens with one attached hydrogen (secondary N) is 1. The fourth-order valence-corrected chi connectivity index (χ4v) is 2.69. The molecule has 6 nitrogen and oxygen atoms in total. The molecule has 0 spiro atoms. The number of fused-ring (bicyclic) bond motifs is 1. The van der Waals surface area contributed by atoms with E-state index in [1.165, 1.54) is 6.08 Å². The number of primary amides is 1. The molecule has 0 aliphatic heterocycles. The standard InChI is InChI=1S/C20H18N4O2/c1-20(2,26)16-5-3-4-12(7-16)14-8-17-15(6-13(9-21)18(22)25)11-24-19(17)23-10-14/h3-8,10-11,26H,1-2H3,(H2,22,25)(H,23,24). The van der Waals surface area contributed by atoms with Crippen LogP contribution in [-0.4, -0.2) is 21.0 Å². The van der Waals surface area contributed by atoms with Crippen LogP contribution in [0.3, 0.4) is 0 Å². The molecule has 2 aromatic heterocycles. The molecule has 3 aromatic rings. The summed E-state index contributed by atoms with van der Waals surface area (Å²) in [4.78, 5) is 18.7. The Hall–Kier alpha value is -3.43. The largest absolute Gasteiger partial charge is 0.386 e. The molecule has 0 saturated heterocycles. The van der Waals surface area contributed by atoms with Gasteiger partial charge in [0.05, 0.1) is 5.60 Å². The molecule has 0 radical (unpaired) electrons. The van der Waals surface area contributed by atoms with Crippen molar-refractivity contribution in [2.45, 2.75) is 19.4 Å². The molecular weight excluding hydrogens is 328 g/mol. The summed E-state index contributed by atoms with van der Waals surface area (Å²) in [6, 6.07) is 11.3. The van der Waals surface area contributed by atoms with E-state index in [0.29, 0.717) is 11.2 Å². The second-order valence-electron chi connectivity index (χ2n) is 6.54. The van der Waals surface area contributed by atoms with Gasteiger partial charge in [0.15, 0.2) is 0 Å². The van der Waals surface area contributed by atoms with Crippen LogP contribution in [-0.2, 0) is 10.4 Å². The molecule has 0 fully saturated rings. The number of carbonyl (C=O) groups excluding carboxylic acids is 1. The molecule has 6 heteroatoms. The number of aromatic amines is 1. The van der Waals surface area contributed by atoms with Gasteiger partial charge in [-0.2, -0.15) is 5.26 Å². The molecule has 0 bridgehead atoms. The molecule has 1 aromatic carbocycles. The maximum absolute atomic E-state index is 11.3. The second-order valence-corrected chi connectivity index (χ2v) is 6.54. The van der Waals surface area contributed by atoms with E-state index in [4.69, 9.17) is 11.0 Å². The number of nitrogens with zero attached hydrogens (tertiary/aromatic N) is 2. The minimum absolute atomic E-state index is 0.125. The predicted octanol–water partition coefficient (Wildman–Crippen LogP) is 2.85. The molecule has 0 aliphatic rings. The number of pyridine rings is 1. The van der Waals surface area contributed by atoms with Crippen LogP contribution < -0.4 is 5.73 Å². The zero-order chi connectivity index (χ0) is 18.9. The lowest BCUT2D eigenvalue weighted by atomic mass is 9.94. The summed E-state index contributed by atoms with van der Waals surface area (Å²) in [5.74, 6) is -0.774. The average molecular weight is 346 g/mol. The van der Waals surface area contributed by atoms with Gasteiger partial charge < -0.3 is 15.8 Å². The minimum atomic E-state index is -0.946. The first kappa shape index (κ1) is 17.4. The first-order chi connectivity index (χ1) is 12.3. The molecule has 0 unspecified atom stereocenters. The molecule has 130 valence electrons. The number of aromatic nitrogens is 2. The van der Waals surface area contributed by atoms with E-state index < -0.39 is 11.5 Å². The van der Waals surface area contributed by atoms with E-state index in [1.54, 1.807) is 32.3 Å². The quantitative estimate of drug-likeness (QED) is 0.497. The van der Waals surface area contributed by atoms with Crippen LogP contribution in [0.15, 0.2) is 48.3 Å². The van der Waals surface area contributed by atoms with Crippen molar-refractivity contribution in [1.82, 2.24) is 9.97 Å².